The van der Waals surface area contributed by atoms with Crippen molar-refractivity contribution in [3.05, 3.63) is 119 Å². The molecule has 5 aromatic rings. The van der Waals surface area contributed by atoms with Gasteiger partial charge in [0.05, 0.1) is 11.6 Å². The van der Waals surface area contributed by atoms with Crippen LogP contribution in [0.4, 0.5) is 0 Å². The van der Waals surface area contributed by atoms with Crippen molar-refractivity contribution >= 4 is 45.6 Å². The van der Waals surface area contributed by atoms with E-state index in [9.17, 15) is 19.8 Å². The molecule has 41 heavy (non-hydrogen) atoms. The van der Waals surface area contributed by atoms with Gasteiger partial charge in [0, 0.05) is 6.54 Å². The second-order valence-electron chi connectivity index (χ2n) is 9.93. The zero-order valence-corrected chi connectivity index (χ0v) is 21.8. The van der Waals surface area contributed by atoms with Crippen molar-refractivity contribution in [2.24, 2.45) is 0 Å². The molecule has 1 aliphatic rings. The van der Waals surface area contributed by atoms with Gasteiger partial charge in [0.2, 0.25) is 0 Å². The molecule has 198 valence electrons. The molecule has 0 saturated carbocycles. The highest BCUT2D eigenvalue weighted by Crippen LogP contribution is 2.43. The topological polar surface area (TPSA) is 120 Å². The number of aliphatic carboxylic acids is 2. The third-order valence-corrected chi connectivity index (χ3v) is 7.34. The predicted octanol–water partition coefficient (Wildman–Crippen LogP) is 6.76. The van der Waals surface area contributed by atoms with E-state index in [-0.39, 0.29) is 11.6 Å². The Morgan fingerprint density at radius 3 is 1.44 bits per heavy atom. The first-order valence-corrected chi connectivity index (χ1v) is 13.1. The van der Waals surface area contributed by atoms with Gasteiger partial charge in [0.15, 0.2) is 0 Å². The SMILES string of the molecule is N#C/C(=C\c1ccc(-c2c3ccccc3c(-c3ccc(/C=C(/C(=O)O)C4CN4)cc3)c3ccccc23)cc1)C(=O)O. The first kappa shape index (κ1) is 25.8. The first-order valence-electron chi connectivity index (χ1n) is 13.1. The molecular weight excluding hydrogens is 512 g/mol. The van der Waals surface area contributed by atoms with Gasteiger partial charge in [-0.3, -0.25) is 0 Å². The fourth-order valence-corrected chi connectivity index (χ4v) is 5.32. The molecule has 1 atom stereocenters. The number of carboxylic acids is 2. The molecule has 1 heterocycles. The standard InChI is InChI=1S/C35H24N2O4/c36-19-25(34(38)39)17-21-9-13-23(14-10-21)32-26-5-1-3-7-28(26)33(29-8-4-2-6-27(29)32)24-15-11-22(12-16-24)18-30(35(40)41)31-20-37-31/h1-18,31,37H,20H2,(H,38,39)(H,40,41)/b25-17+,30-18+. The third-order valence-electron chi connectivity index (χ3n) is 7.34. The zero-order chi connectivity index (χ0) is 28.5. The normalized spacial score (nSPS) is 15.0. The number of nitriles is 1. The highest BCUT2D eigenvalue weighted by Gasteiger charge is 2.29. The summed E-state index contributed by atoms with van der Waals surface area (Å²) in [6.45, 7) is 0.684. The van der Waals surface area contributed by atoms with Gasteiger partial charge >= 0.3 is 11.9 Å². The van der Waals surface area contributed by atoms with E-state index in [4.69, 9.17) is 5.26 Å². The number of fused-ring (bicyclic) bond motifs is 2. The zero-order valence-electron chi connectivity index (χ0n) is 21.8. The number of rotatable bonds is 7. The van der Waals surface area contributed by atoms with Crippen LogP contribution in [-0.4, -0.2) is 34.7 Å². The van der Waals surface area contributed by atoms with Crippen LogP contribution in [0.5, 0.6) is 0 Å². The van der Waals surface area contributed by atoms with E-state index in [1.807, 2.05) is 72.8 Å². The second-order valence-corrected chi connectivity index (χ2v) is 9.93. The van der Waals surface area contributed by atoms with Crippen molar-refractivity contribution in [1.29, 1.82) is 5.26 Å². The van der Waals surface area contributed by atoms with E-state index in [2.05, 4.69) is 29.6 Å². The molecule has 0 aliphatic carbocycles. The minimum absolute atomic E-state index is 0.0942. The minimum atomic E-state index is -1.25. The van der Waals surface area contributed by atoms with Crippen LogP contribution in [0.1, 0.15) is 11.1 Å². The molecule has 0 radical (unpaired) electrons. The summed E-state index contributed by atoms with van der Waals surface area (Å²) in [5.41, 5.74) is 5.69. The van der Waals surface area contributed by atoms with Crippen LogP contribution in [0.15, 0.2) is 108 Å². The Balaban J connectivity index is 1.50. The quantitative estimate of drug-likeness (QED) is 0.0915. The van der Waals surface area contributed by atoms with Gasteiger partial charge in [0.25, 0.3) is 0 Å². The van der Waals surface area contributed by atoms with Crippen LogP contribution >= 0.6 is 0 Å². The van der Waals surface area contributed by atoms with Gasteiger partial charge in [-0.1, -0.05) is 97.1 Å². The molecule has 1 unspecified atom stereocenters. The van der Waals surface area contributed by atoms with E-state index in [0.717, 1.165) is 49.4 Å². The lowest BCUT2D eigenvalue weighted by molar-refractivity contribution is -0.133. The summed E-state index contributed by atoms with van der Waals surface area (Å²) in [6, 6.07) is 33.7. The van der Waals surface area contributed by atoms with Gasteiger partial charge in [-0.15, -0.1) is 0 Å². The smallest absolute Gasteiger partial charge is 0.346 e. The molecule has 3 N–H and O–H groups in total. The molecule has 1 aliphatic heterocycles. The molecule has 0 amide bonds. The molecule has 6 nitrogen and oxygen atoms in total. The van der Waals surface area contributed by atoms with E-state index in [0.29, 0.717) is 17.7 Å². The van der Waals surface area contributed by atoms with Gasteiger partial charge < -0.3 is 15.5 Å². The lowest BCUT2D eigenvalue weighted by Crippen LogP contribution is -2.08. The number of nitrogens with one attached hydrogen (secondary N) is 1. The first-order chi connectivity index (χ1) is 19.9. The molecule has 0 bridgehead atoms. The average molecular weight is 537 g/mol. The van der Waals surface area contributed by atoms with Crippen molar-refractivity contribution in [2.45, 2.75) is 6.04 Å². The fraction of sp³-hybridized carbons (Fsp3) is 0.0571. The monoisotopic (exact) mass is 536 g/mol. The lowest BCUT2D eigenvalue weighted by Gasteiger charge is -2.18. The summed E-state index contributed by atoms with van der Waals surface area (Å²) >= 11 is 0. The van der Waals surface area contributed by atoms with Crippen LogP contribution in [0.3, 0.4) is 0 Å². The van der Waals surface area contributed by atoms with Crippen molar-refractivity contribution < 1.29 is 19.8 Å². The molecule has 1 saturated heterocycles. The molecular formula is C35H24N2O4. The van der Waals surface area contributed by atoms with Crippen LogP contribution in [-0.2, 0) is 9.59 Å². The number of nitrogens with zero attached hydrogens (tertiary/aromatic N) is 1. The maximum absolute atomic E-state index is 11.7. The summed E-state index contributed by atoms with van der Waals surface area (Å²) in [5, 5.41) is 35.3. The van der Waals surface area contributed by atoms with E-state index in [1.54, 1.807) is 12.1 Å². The molecule has 0 aromatic heterocycles. The fourth-order valence-electron chi connectivity index (χ4n) is 5.32. The molecule has 0 spiro atoms. The number of carbonyl (C=O) groups is 2. The Bertz CT molecular complexity index is 1880. The summed E-state index contributed by atoms with van der Waals surface area (Å²) in [4.78, 5) is 22.9. The third kappa shape index (κ3) is 4.98. The largest absolute Gasteiger partial charge is 0.478 e. The van der Waals surface area contributed by atoms with Crippen LogP contribution in [0.2, 0.25) is 0 Å². The number of benzene rings is 5. The molecule has 5 aromatic carbocycles. The van der Waals surface area contributed by atoms with Gasteiger partial charge in [0.1, 0.15) is 11.6 Å². The maximum atomic E-state index is 11.7. The molecule has 6 heteroatoms. The van der Waals surface area contributed by atoms with E-state index < -0.39 is 11.9 Å². The van der Waals surface area contributed by atoms with Crippen molar-refractivity contribution in [3.8, 4) is 28.3 Å². The van der Waals surface area contributed by atoms with Gasteiger partial charge in [-0.25, -0.2) is 9.59 Å². The summed E-state index contributed by atoms with van der Waals surface area (Å²) in [6.07, 6.45) is 3.09. The maximum Gasteiger partial charge on any atom is 0.346 e. The number of hydrogen-bond donors (Lipinski definition) is 3. The van der Waals surface area contributed by atoms with E-state index >= 15 is 0 Å². The molecule has 6 rings (SSSR count). The van der Waals surface area contributed by atoms with E-state index in [1.165, 1.54) is 6.08 Å². The highest BCUT2D eigenvalue weighted by molar-refractivity contribution is 6.21. The Labute approximate surface area is 236 Å². The van der Waals surface area contributed by atoms with Crippen LogP contribution < -0.4 is 5.32 Å². The lowest BCUT2D eigenvalue weighted by atomic mass is 9.85. The van der Waals surface area contributed by atoms with Gasteiger partial charge in [-0.05, 0) is 67.1 Å². The van der Waals surface area contributed by atoms with Crippen LogP contribution in [0.25, 0.3) is 56.0 Å². The van der Waals surface area contributed by atoms with Crippen molar-refractivity contribution in [2.75, 3.05) is 6.54 Å². The van der Waals surface area contributed by atoms with Crippen LogP contribution in [0, 0.1) is 11.3 Å². The summed E-state index contributed by atoms with van der Waals surface area (Å²) in [7, 11) is 0. The average Bonchev–Trinajstić information content (AvgIpc) is 3.83. The van der Waals surface area contributed by atoms with Gasteiger partial charge in [-0.2, -0.15) is 5.26 Å². The Kier molecular flexibility index (Phi) is 6.64. The summed E-state index contributed by atoms with van der Waals surface area (Å²) in [5.74, 6) is -2.16. The molecule has 1 fully saturated rings. The highest BCUT2D eigenvalue weighted by atomic mass is 16.4. The van der Waals surface area contributed by atoms with Crippen molar-refractivity contribution in [1.82, 2.24) is 5.32 Å². The summed E-state index contributed by atoms with van der Waals surface area (Å²) < 4.78 is 0. The van der Waals surface area contributed by atoms with Crippen molar-refractivity contribution in [3.63, 3.8) is 0 Å². The Morgan fingerprint density at radius 1 is 0.683 bits per heavy atom. The number of carboxylic acid groups (broad SMARTS) is 2. The second kappa shape index (κ2) is 10.6. The minimum Gasteiger partial charge on any atom is -0.478 e. The predicted molar refractivity (Wildman–Crippen MR) is 161 cm³/mol. The Morgan fingerprint density at radius 2 is 1.10 bits per heavy atom. The Hall–Kier alpha value is -5.51. The number of hydrogen-bond acceptors (Lipinski definition) is 4.